The minimum atomic E-state index is 0.393. The lowest BCUT2D eigenvalue weighted by Gasteiger charge is -2.26. The summed E-state index contributed by atoms with van der Waals surface area (Å²) >= 11 is 0. The van der Waals surface area contributed by atoms with Crippen molar-refractivity contribution in [3.05, 3.63) is 29.8 Å². The number of hydrogen-bond acceptors (Lipinski definition) is 3. The molecule has 112 valence electrons. The number of rotatable bonds is 9. The predicted octanol–water partition coefficient (Wildman–Crippen LogP) is 3.08. The minimum absolute atomic E-state index is 0.393. The standard InChI is InChI=1S/C17H28N2O/c1-4-19(12-14-6-7-14)13-17(18-3)15-8-10-16(11-9-15)20-5-2/h8-11,14,17-18H,4-7,12-13H2,1-3H3. The average molecular weight is 276 g/mol. The van der Waals surface area contributed by atoms with Crippen LogP contribution >= 0.6 is 0 Å². The van der Waals surface area contributed by atoms with Crippen molar-refractivity contribution >= 4 is 0 Å². The highest BCUT2D eigenvalue weighted by Crippen LogP contribution is 2.30. The topological polar surface area (TPSA) is 24.5 Å². The number of likely N-dealkylation sites (N-methyl/N-ethyl adjacent to an activating group) is 2. The highest BCUT2D eigenvalue weighted by Gasteiger charge is 2.24. The van der Waals surface area contributed by atoms with Crippen molar-refractivity contribution in [3.63, 3.8) is 0 Å². The molecule has 1 N–H and O–H groups in total. The van der Waals surface area contributed by atoms with Gasteiger partial charge in [-0.15, -0.1) is 0 Å². The molecule has 1 atom stereocenters. The molecule has 1 aromatic carbocycles. The third-order valence-corrected chi connectivity index (χ3v) is 4.04. The second-order valence-corrected chi connectivity index (χ2v) is 5.64. The zero-order chi connectivity index (χ0) is 14.4. The quantitative estimate of drug-likeness (QED) is 0.750. The Morgan fingerprint density at radius 1 is 1.25 bits per heavy atom. The summed E-state index contributed by atoms with van der Waals surface area (Å²) < 4.78 is 5.51. The van der Waals surface area contributed by atoms with Crippen LogP contribution in [0.4, 0.5) is 0 Å². The summed E-state index contributed by atoms with van der Waals surface area (Å²) in [4.78, 5) is 2.56. The van der Waals surface area contributed by atoms with Crippen LogP contribution in [0.3, 0.4) is 0 Å². The van der Waals surface area contributed by atoms with E-state index in [1.165, 1.54) is 24.9 Å². The molecule has 1 unspecified atom stereocenters. The molecule has 2 rings (SSSR count). The van der Waals surface area contributed by atoms with Crippen molar-refractivity contribution in [1.82, 2.24) is 10.2 Å². The highest BCUT2D eigenvalue weighted by molar-refractivity contribution is 5.29. The maximum absolute atomic E-state index is 5.51. The van der Waals surface area contributed by atoms with Crippen LogP contribution in [0.15, 0.2) is 24.3 Å². The summed E-state index contributed by atoms with van der Waals surface area (Å²) in [7, 11) is 2.05. The Bertz CT molecular complexity index is 386. The lowest BCUT2D eigenvalue weighted by Crippen LogP contribution is -2.35. The summed E-state index contributed by atoms with van der Waals surface area (Å²) in [5.41, 5.74) is 1.34. The van der Waals surface area contributed by atoms with Crippen molar-refractivity contribution in [3.8, 4) is 5.75 Å². The number of nitrogens with zero attached hydrogens (tertiary/aromatic N) is 1. The van der Waals surface area contributed by atoms with Gasteiger partial charge in [0.05, 0.1) is 6.61 Å². The van der Waals surface area contributed by atoms with Gasteiger partial charge in [-0.05, 0) is 57.0 Å². The first-order valence-electron chi connectivity index (χ1n) is 7.89. The van der Waals surface area contributed by atoms with E-state index in [1.54, 1.807) is 0 Å². The van der Waals surface area contributed by atoms with Gasteiger partial charge in [-0.1, -0.05) is 19.1 Å². The van der Waals surface area contributed by atoms with Crippen molar-refractivity contribution in [2.45, 2.75) is 32.7 Å². The zero-order valence-electron chi connectivity index (χ0n) is 13.1. The SMILES string of the molecule is CCOc1ccc(C(CN(CC)CC2CC2)NC)cc1. The normalized spacial score (nSPS) is 16.4. The number of nitrogens with one attached hydrogen (secondary N) is 1. The van der Waals surface area contributed by atoms with Gasteiger partial charge in [0.15, 0.2) is 0 Å². The van der Waals surface area contributed by atoms with Gasteiger partial charge in [0, 0.05) is 19.1 Å². The molecular weight excluding hydrogens is 248 g/mol. The second-order valence-electron chi connectivity index (χ2n) is 5.64. The Hall–Kier alpha value is -1.06. The molecule has 0 heterocycles. The third kappa shape index (κ3) is 4.50. The first kappa shape index (κ1) is 15.3. The van der Waals surface area contributed by atoms with E-state index in [0.29, 0.717) is 6.04 Å². The van der Waals surface area contributed by atoms with Crippen molar-refractivity contribution in [2.75, 3.05) is 33.3 Å². The first-order chi connectivity index (χ1) is 9.76. The fraction of sp³-hybridized carbons (Fsp3) is 0.647. The van der Waals surface area contributed by atoms with Crippen LogP contribution < -0.4 is 10.1 Å². The number of benzene rings is 1. The summed E-state index contributed by atoms with van der Waals surface area (Å²) in [6, 6.07) is 8.89. The molecule has 0 saturated heterocycles. The summed E-state index contributed by atoms with van der Waals surface area (Å²) in [5.74, 6) is 1.91. The fourth-order valence-electron chi connectivity index (χ4n) is 2.58. The molecule has 1 aliphatic rings. The number of hydrogen-bond donors (Lipinski definition) is 1. The second kappa shape index (κ2) is 7.65. The monoisotopic (exact) mass is 276 g/mol. The molecule has 0 radical (unpaired) electrons. The molecular formula is C17H28N2O. The fourth-order valence-corrected chi connectivity index (χ4v) is 2.58. The van der Waals surface area contributed by atoms with Crippen LogP contribution in [0.25, 0.3) is 0 Å². The lowest BCUT2D eigenvalue weighted by molar-refractivity contribution is 0.248. The molecule has 20 heavy (non-hydrogen) atoms. The van der Waals surface area contributed by atoms with E-state index >= 15 is 0 Å². The van der Waals surface area contributed by atoms with E-state index in [9.17, 15) is 0 Å². The highest BCUT2D eigenvalue weighted by atomic mass is 16.5. The predicted molar refractivity (Wildman–Crippen MR) is 84.2 cm³/mol. The van der Waals surface area contributed by atoms with Gasteiger partial charge >= 0.3 is 0 Å². The van der Waals surface area contributed by atoms with Crippen LogP contribution in [0.2, 0.25) is 0 Å². The van der Waals surface area contributed by atoms with Crippen LogP contribution in [0.5, 0.6) is 5.75 Å². The van der Waals surface area contributed by atoms with E-state index in [4.69, 9.17) is 4.74 Å². The van der Waals surface area contributed by atoms with Gasteiger partial charge in [0.25, 0.3) is 0 Å². The maximum atomic E-state index is 5.51. The summed E-state index contributed by atoms with van der Waals surface area (Å²) in [6.45, 7) is 8.46. The molecule has 1 aromatic rings. The van der Waals surface area contributed by atoms with Crippen molar-refractivity contribution in [2.24, 2.45) is 5.92 Å². The molecule has 1 fully saturated rings. The maximum Gasteiger partial charge on any atom is 0.119 e. The lowest BCUT2D eigenvalue weighted by atomic mass is 10.1. The van der Waals surface area contributed by atoms with E-state index in [0.717, 1.165) is 31.4 Å². The van der Waals surface area contributed by atoms with Gasteiger partial charge in [0.1, 0.15) is 5.75 Å². The van der Waals surface area contributed by atoms with Gasteiger partial charge < -0.3 is 15.0 Å². The Morgan fingerprint density at radius 2 is 1.95 bits per heavy atom. The molecule has 0 bridgehead atoms. The summed E-state index contributed by atoms with van der Waals surface area (Å²) in [5, 5.41) is 3.45. The molecule has 3 heteroatoms. The van der Waals surface area contributed by atoms with Crippen LogP contribution in [-0.2, 0) is 0 Å². The first-order valence-corrected chi connectivity index (χ1v) is 7.89. The Labute approximate surface area is 123 Å². The third-order valence-electron chi connectivity index (χ3n) is 4.04. The Morgan fingerprint density at radius 3 is 2.45 bits per heavy atom. The van der Waals surface area contributed by atoms with E-state index in [-0.39, 0.29) is 0 Å². The van der Waals surface area contributed by atoms with Crippen LogP contribution in [0.1, 0.15) is 38.3 Å². The van der Waals surface area contributed by atoms with E-state index in [2.05, 4.69) is 41.4 Å². The Balaban J connectivity index is 1.94. The number of ether oxygens (including phenoxy) is 1. The Kier molecular flexibility index (Phi) is 5.86. The minimum Gasteiger partial charge on any atom is -0.494 e. The molecule has 0 aliphatic heterocycles. The molecule has 0 amide bonds. The van der Waals surface area contributed by atoms with E-state index in [1.807, 2.05) is 14.0 Å². The molecule has 0 aromatic heterocycles. The molecule has 1 aliphatic carbocycles. The molecule has 0 spiro atoms. The van der Waals surface area contributed by atoms with Crippen LogP contribution in [0, 0.1) is 5.92 Å². The zero-order valence-corrected chi connectivity index (χ0v) is 13.1. The van der Waals surface area contributed by atoms with Gasteiger partial charge in [-0.2, -0.15) is 0 Å². The smallest absolute Gasteiger partial charge is 0.119 e. The van der Waals surface area contributed by atoms with Crippen LogP contribution in [-0.4, -0.2) is 38.2 Å². The molecule has 3 nitrogen and oxygen atoms in total. The van der Waals surface area contributed by atoms with Gasteiger partial charge in [-0.3, -0.25) is 0 Å². The van der Waals surface area contributed by atoms with Crippen molar-refractivity contribution < 1.29 is 4.74 Å². The largest absolute Gasteiger partial charge is 0.494 e. The molecule has 1 saturated carbocycles. The van der Waals surface area contributed by atoms with Gasteiger partial charge in [-0.25, -0.2) is 0 Å². The van der Waals surface area contributed by atoms with Crippen molar-refractivity contribution in [1.29, 1.82) is 0 Å². The average Bonchev–Trinajstić information content (AvgIpc) is 3.29. The summed E-state index contributed by atoms with van der Waals surface area (Å²) in [6.07, 6.45) is 2.84. The van der Waals surface area contributed by atoms with E-state index < -0.39 is 0 Å². The van der Waals surface area contributed by atoms with Gasteiger partial charge in [0.2, 0.25) is 0 Å².